The molecule has 0 saturated carbocycles. The number of hydrogen-bond acceptors (Lipinski definition) is 3. The zero-order valence-corrected chi connectivity index (χ0v) is 10.5. The number of imidazole rings is 1. The maximum atomic E-state index is 5.57. The van der Waals surface area contributed by atoms with E-state index in [1.54, 1.807) is 0 Å². The number of nitrogens with zero attached hydrogens (tertiary/aromatic N) is 2. The second kappa shape index (κ2) is 5.29. The van der Waals surface area contributed by atoms with E-state index in [9.17, 15) is 0 Å². The molecule has 3 N–H and O–H groups in total. The van der Waals surface area contributed by atoms with Crippen LogP contribution in [0.4, 0.5) is 0 Å². The normalized spacial score (nSPS) is 13.1. The van der Waals surface area contributed by atoms with Crippen molar-refractivity contribution in [1.82, 2.24) is 14.9 Å². The molecule has 0 bridgehead atoms. The molecule has 4 nitrogen and oxygen atoms in total. The SMILES string of the molecule is Cc1nc2ccccc2n1CCNC(C)CN. The van der Waals surface area contributed by atoms with Crippen LogP contribution in [0.3, 0.4) is 0 Å². The minimum atomic E-state index is 0.366. The van der Waals surface area contributed by atoms with Gasteiger partial charge in [-0.25, -0.2) is 4.98 Å². The Hall–Kier alpha value is -1.39. The zero-order chi connectivity index (χ0) is 12.3. The van der Waals surface area contributed by atoms with E-state index in [0.717, 1.165) is 24.4 Å². The summed E-state index contributed by atoms with van der Waals surface area (Å²) in [6.45, 7) is 6.66. The summed E-state index contributed by atoms with van der Waals surface area (Å²) in [7, 11) is 0. The minimum Gasteiger partial charge on any atom is -0.329 e. The molecule has 92 valence electrons. The minimum absolute atomic E-state index is 0.366. The fourth-order valence-corrected chi connectivity index (χ4v) is 1.98. The van der Waals surface area contributed by atoms with E-state index in [2.05, 4.69) is 40.0 Å². The summed E-state index contributed by atoms with van der Waals surface area (Å²) in [5.74, 6) is 1.06. The maximum Gasteiger partial charge on any atom is 0.106 e. The van der Waals surface area contributed by atoms with Crippen LogP contribution in [-0.2, 0) is 6.54 Å². The standard InChI is InChI=1S/C13H20N4/c1-10(9-14)15-7-8-17-11(2)16-12-5-3-4-6-13(12)17/h3-6,10,15H,7-9,14H2,1-2H3. The average Bonchev–Trinajstić information content (AvgIpc) is 2.66. The Kier molecular flexibility index (Phi) is 3.76. The summed E-state index contributed by atoms with van der Waals surface area (Å²) in [5.41, 5.74) is 7.84. The van der Waals surface area contributed by atoms with E-state index in [-0.39, 0.29) is 0 Å². The van der Waals surface area contributed by atoms with Gasteiger partial charge in [-0.1, -0.05) is 12.1 Å². The molecule has 4 heteroatoms. The van der Waals surface area contributed by atoms with Gasteiger partial charge in [-0.3, -0.25) is 0 Å². The van der Waals surface area contributed by atoms with Gasteiger partial charge in [-0.05, 0) is 26.0 Å². The quantitative estimate of drug-likeness (QED) is 0.816. The molecule has 0 radical (unpaired) electrons. The molecule has 0 amide bonds. The van der Waals surface area contributed by atoms with Gasteiger partial charge in [0, 0.05) is 25.7 Å². The van der Waals surface area contributed by atoms with Gasteiger partial charge in [0.1, 0.15) is 5.82 Å². The molecule has 0 aliphatic rings. The maximum absolute atomic E-state index is 5.57. The molecule has 0 saturated heterocycles. The van der Waals surface area contributed by atoms with Crippen molar-refractivity contribution in [3.8, 4) is 0 Å². The van der Waals surface area contributed by atoms with Crippen molar-refractivity contribution in [2.24, 2.45) is 5.73 Å². The summed E-state index contributed by atoms with van der Waals surface area (Å²) in [4.78, 5) is 4.54. The summed E-state index contributed by atoms with van der Waals surface area (Å²) >= 11 is 0. The number of benzene rings is 1. The number of aromatic nitrogens is 2. The van der Waals surface area contributed by atoms with Crippen LogP contribution < -0.4 is 11.1 Å². The first-order chi connectivity index (χ1) is 8.22. The first-order valence-corrected chi connectivity index (χ1v) is 6.07. The molecule has 0 spiro atoms. The van der Waals surface area contributed by atoms with Gasteiger partial charge in [0.25, 0.3) is 0 Å². The molecule has 0 aliphatic heterocycles. The number of hydrogen-bond donors (Lipinski definition) is 2. The zero-order valence-electron chi connectivity index (χ0n) is 10.5. The molecule has 1 aromatic carbocycles. The number of nitrogens with two attached hydrogens (primary N) is 1. The predicted molar refractivity (Wildman–Crippen MR) is 71.0 cm³/mol. The number of nitrogens with one attached hydrogen (secondary N) is 1. The monoisotopic (exact) mass is 232 g/mol. The van der Waals surface area contributed by atoms with Crippen molar-refractivity contribution in [2.75, 3.05) is 13.1 Å². The second-order valence-electron chi connectivity index (χ2n) is 4.39. The Balaban J connectivity index is 2.10. The van der Waals surface area contributed by atoms with Crippen LogP contribution in [0.5, 0.6) is 0 Å². The lowest BCUT2D eigenvalue weighted by atomic mass is 10.3. The molecule has 17 heavy (non-hydrogen) atoms. The summed E-state index contributed by atoms with van der Waals surface area (Å²) < 4.78 is 2.24. The van der Waals surface area contributed by atoms with E-state index in [4.69, 9.17) is 5.73 Å². The predicted octanol–water partition coefficient (Wildman–Crippen LogP) is 1.28. The smallest absolute Gasteiger partial charge is 0.106 e. The molecular formula is C13H20N4. The van der Waals surface area contributed by atoms with Gasteiger partial charge < -0.3 is 15.6 Å². The van der Waals surface area contributed by atoms with Crippen LogP contribution in [0.15, 0.2) is 24.3 Å². The van der Waals surface area contributed by atoms with Crippen molar-refractivity contribution in [3.63, 3.8) is 0 Å². The van der Waals surface area contributed by atoms with E-state index < -0.39 is 0 Å². The third-order valence-electron chi connectivity index (χ3n) is 3.03. The van der Waals surface area contributed by atoms with Gasteiger partial charge in [0.05, 0.1) is 11.0 Å². The van der Waals surface area contributed by atoms with Crippen LogP contribution >= 0.6 is 0 Å². The highest BCUT2D eigenvalue weighted by Crippen LogP contribution is 2.14. The Labute approximate surface area is 102 Å². The van der Waals surface area contributed by atoms with Crippen molar-refractivity contribution in [2.45, 2.75) is 26.4 Å². The fraction of sp³-hybridized carbons (Fsp3) is 0.462. The van der Waals surface area contributed by atoms with Crippen molar-refractivity contribution < 1.29 is 0 Å². The first kappa shape index (κ1) is 12.1. The van der Waals surface area contributed by atoms with Gasteiger partial charge in [-0.2, -0.15) is 0 Å². The van der Waals surface area contributed by atoms with Crippen molar-refractivity contribution in [1.29, 1.82) is 0 Å². The van der Waals surface area contributed by atoms with Gasteiger partial charge >= 0.3 is 0 Å². The van der Waals surface area contributed by atoms with E-state index in [1.165, 1.54) is 5.52 Å². The molecule has 1 atom stereocenters. The highest BCUT2D eigenvalue weighted by atomic mass is 15.1. The number of rotatable bonds is 5. The van der Waals surface area contributed by atoms with Crippen molar-refractivity contribution in [3.05, 3.63) is 30.1 Å². The van der Waals surface area contributed by atoms with Crippen LogP contribution in [0.2, 0.25) is 0 Å². The molecule has 1 unspecified atom stereocenters. The third-order valence-corrected chi connectivity index (χ3v) is 3.03. The first-order valence-electron chi connectivity index (χ1n) is 6.07. The lowest BCUT2D eigenvalue weighted by molar-refractivity contribution is 0.521. The fourth-order valence-electron chi connectivity index (χ4n) is 1.98. The van der Waals surface area contributed by atoms with Crippen LogP contribution in [-0.4, -0.2) is 28.7 Å². The van der Waals surface area contributed by atoms with E-state index in [0.29, 0.717) is 12.6 Å². The average molecular weight is 232 g/mol. The Morgan fingerprint density at radius 2 is 2.18 bits per heavy atom. The van der Waals surface area contributed by atoms with Crippen molar-refractivity contribution >= 4 is 11.0 Å². The third kappa shape index (κ3) is 2.65. The summed E-state index contributed by atoms with van der Waals surface area (Å²) in [6.07, 6.45) is 0. The molecular weight excluding hydrogens is 212 g/mol. The van der Waals surface area contributed by atoms with E-state index >= 15 is 0 Å². The largest absolute Gasteiger partial charge is 0.329 e. The van der Waals surface area contributed by atoms with Gasteiger partial charge in [0.15, 0.2) is 0 Å². The Morgan fingerprint density at radius 3 is 2.94 bits per heavy atom. The lowest BCUT2D eigenvalue weighted by Crippen LogP contribution is -2.35. The summed E-state index contributed by atoms with van der Waals surface area (Å²) in [5, 5.41) is 3.39. The highest BCUT2D eigenvalue weighted by molar-refractivity contribution is 5.75. The number of fused-ring (bicyclic) bond motifs is 1. The molecule has 1 heterocycles. The van der Waals surface area contributed by atoms with Gasteiger partial charge in [-0.15, -0.1) is 0 Å². The molecule has 2 aromatic rings. The van der Waals surface area contributed by atoms with Crippen LogP contribution in [0.25, 0.3) is 11.0 Å². The number of para-hydroxylation sites is 2. The second-order valence-corrected chi connectivity index (χ2v) is 4.39. The Morgan fingerprint density at radius 1 is 1.41 bits per heavy atom. The molecule has 2 rings (SSSR count). The molecule has 0 aliphatic carbocycles. The highest BCUT2D eigenvalue weighted by Gasteiger charge is 2.06. The van der Waals surface area contributed by atoms with E-state index in [1.807, 2.05) is 13.0 Å². The topological polar surface area (TPSA) is 55.9 Å². The van der Waals surface area contributed by atoms with Crippen LogP contribution in [0, 0.1) is 6.92 Å². The molecule has 1 aromatic heterocycles. The Bertz CT molecular complexity index is 489. The summed E-state index contributed by atoms with van der Waals surface area (Å²) in [6, 6.07) is 8.60. The lowest BCUT2D eigenvalue weighted by Gasteiger charge is -2.12. The van der Waals surface area contributed by atoms with Gasteiger partial charge in [0.2, 0.25) is 0 Å². The molecule has 0 fully saturated rings. The van der Waals surface area contributed by atoms with Crippen LogP contribution in [0.1, 0.15) is 12.7 Å². The number of aryl methyl sites for hydroxylation is 1.